The van der Waals surface area contributed by atoms with E-state index in [1.165, 1.54) is 0 Å². The Morgan fingerprint density at radius 2 is 2.35 bits per heavy atom. The summed E-state index contributed by atoms with van der Waals surface area (Å²) in [4.78, 5) is 0. The molecule has 1 atom stereocenters. The molecule has 1 aromatic rings. The Balaban J connectivity index is 1.74. The zero-order chi connectivity index (χ0) is 12.3. The van der Waals surface area contributed by atoms with Crippen LogP contribution in [0.4, 0.5) is 0 Å². The molecule has 4 heteroatoms. The van der Waals surface area contributed by atoms with Crippen LogP contribution in [0.2, 0.25) is 0 Å². The molecule has 1 heterocycles. The Bertz CT molecular complexity index is 344. The van der Waals surface area contributed by atoms with Gasteiger partial charge in [0, 0.05) is 12.2 Å². The summed E-state index contributed by atoms with van der Waals surface area (Å²) < 4.78 is 7.81. The van der Waals surface area contributed by atoms with Gasteiger partial charge in [-0.25, -0.2) is 0 Å². The maximum Gasteiger partial charge on any atom is 0.0910 e. The summed E-state index contributed by atoms with van der Waals surface area (Å²) in [5.74, 6) is 0.678. The normalized spacial score (nSPS) is 25.6. The molecule has 0 aliphatic heterocycles. The Morgan fingerprint density at radius 1 is 1.59 bits per heavy atom. The summed E-state index contributed by atoms with van der Waals surface area (Å²) >= 11 is 0. The van der Waals surface area contributed by atoms with E-state index in [1.54, 1.807) is 0 Å². The highest BCUT2D eigenvalue weighted by atomic mass is 16.5. The molecule has 96 valence electrons. The molecule has 0 amide bonds. The number of hydrogen-bond acceptors (Lipinski definition) is 3. The van der Waals surface area contributed by atoms with Crippen molar-refractivity contribution in [2.24, 2.45) is 11.7 Å². The van der Waals surface area contributed by atoms with Gasteiger partial charge in [-0.05, 0) is 44.7 Å². The Kier molecular flexibility index (Phi) is 4.18. The lowest BCUT2D eigenvalue weighted by Gasteiger charge is -2.33. The fraction of sp³-hybridized carbons (Fsp3) is 0.769. The maximum absolute atomic E-state index is 5.79. The van der Waals surface area contributed by atoms with Gasteiger partial charge >= 0.3 is 0 Å². The van der Waals surface area contributed by atoms with Crippen LogP contribution >= 0.6 is 0 Å². The second-order valence-corrected chi connectivity index (χ2v) is 5.05. The average molecular weight is 237 g/mol. The van der Waals surface area contributed by atoms with E-state index in [4.69, 9.17) is 10.5 Å². The van der Waals surface area contributed by atoms with E-state index in [0.29, 0.717) is 24.7 Å². The molecule has 1 aliphatic carbocycles. The van der Waals surface area contributed by atoms with Crippen molar-refractivity contribution in [3.8, 4) is 0 Å². The summed E-state index contributed by atoms with van der Waals surface area (Å²) in [6, 6.07) is 2.51. The molecule has 17 heavy (non-hydrogen) atoms. The van der Waals surface area contributed by atoms with Gasteiger partial charge < -0.3 is 10.5 Å². The highest BCUT2D eigenvalue weighted by Gasteiger charge is 2.28. The third kappa shape index (κ3) is 3.07. The summed E-state index contributed by atoms with van der Waals surface area (Å²) in [5.41, 5.74) is 6.61. The Morgan fingerprint density at radius 3 is 3.00 bits per heavy atom. The van der Waals surface area contributed by atoms with Crippen molar-refractivity contribution in [2.45, 2.75) is 51.9 Å². The number of ether oxygens (including phenoxy) is 1. The molecule has 1 aliphatic rings. The molecule has 1 fully saturated rings. The van der Waals surface area contributed by atoms with Gasteiger partial charge in [0.25, 0.3) is 0 Å². The van der Waals surface area contributed by atoms with Crippen LogP contribution in [-0.4, -0.2) is 22.4 Å². The standard InChI is InChI=1S/C13H23N3O/c1-3-10(2)16-5-4-12(15-16)9-17-13-6-11(7-13)8-14/h4-5,10-11,13H,3,6-9,14H2,1-2H3. The predicted octanol–water partition coefficient (Wildman–Crippen LogP) is 2.11. The van der Waals surface area contributed by atoms with Gasteiger partial charge in [0.1, 0.15) is 0 Å². The third-order valence-corrected chi connectivity index (χ3v) is 3.70. The van der Waals surface area contributed by atoms with Crippen molar-refractivity contribution in [3.63, 3.8) is 0 Å². The molecule has 2 N–H and O–H groups in total. The van der Waals surface area contributed by atoms with Gasteiger partial charge in [0.2, 0.25) is 0 Å². The van der Waals surface area contributed by atoms with Crippen molar-refractivity contribution in [1.82, 2.24) is 9.78 Å². The smallest absolute Gasteiger partial charge is 0.0910 e. The Labute approximate surface area is 103 Å². The summed E-state index contributed by atoms with van der Waals surface area (Å²) in [6.45, 7) is 5.77. The second-order valence-electron chi connectivity index (χ2n) is 5.05. The van der Waals surface area contributed by atoms with Crippen LogP contribution in [0.25, 0.3) is 0 Å². The molecule has 0 bridgehead atoms. The van der Waals surface area contributed by atoms with Crippen molar-refractivity contribution in [3.05, 3.63) is 18.0 Å². The topological polar surface area (TPSA) is 53.1 Å². The van der Waals surface area contributed by atoms with E-state index in [9.17, 15) is 0 Å². The summed E-state index contributed by atoms with van der Waals surface area (Å²) in [7, 11) is 0. The first-order chi connectivity index (χ1) is 8.22. The van der Waals surface area contributed by atoms with E-state index >= 15 is 0 Å². The molecule has 0 aromatic carbocycles. The second kappa shape index (κ2) is 5.65. The number of aromatic nitrogens is 2. The van der Waals surface area contributed by atoms with E-state index in [2.05, 4.69) is 18.9 Å². The van der Waals surface area contributed by atoms with Crippen molar-refractivity contribution in [2.75, 3.05) is 6.54 Å². The highest BCUT2D eigenvalue weighted by molar-refractivity contribution is 4.98. The zero-order valence-electron chi connectivity index (χ0n) is 10.8. The lowest BCUT2D eigenvalue weighted by atomic mass is 9.82. The first-order valence-electron chi connectivity index (χ1n) is 6.58. The molecule has 1 saturated carbocycles. The Hall–Kier alpha value is -0.870. The third-order valence-electron chi connectivity index (χ3n) is 3.70. The van der Waals surface area contributed by atoms with Crippen LogP contribution in [0.3, 0.4) is 0 Å². The minimum atomic E-state index is 0.400. The van der Waals surface area contributed by atoms with E-state index in [1.807, 2.05) is 16.9 Å². The van der Waals surface area contributed by atoms with Crippen LogP contribution in [0.1, 0.15) is 44.8 Å². The number of rotatable bonds is 6. The van der Waals surface area contributed by atoms with Crippen LogP contribution in [0, 0.1) is 5.92 Å². The van der Waals surface area contributed by atoms with Gasteiger partial charge in [0.15, 0.2) is 0 Å². The molecule has 4 nitrogen and oxygen atoms in total. The van der Waals surface area contributed by atoms with Crippen molar-refractivity contribution < 1.29 is 4.74 Å². The van der Waals surface area contributed by atoms with Crippen LogP contribution in [-0.2, 0) is 11.3 Å². The van der Waals surface area contributed by atoms with Gasteiger partial charge in [-0.1, -0.05) is 6.92 Å². The summed E-state index contributed by atoms with van der Waals surface area (Å²) in [6.07, 6.45) is 5.77. The minimum Gasteiger partial charge on any atom is -0.372 e. The van der Waals surface area contributed by atoms with Crippen LogP contribution < -0.4 is 5.73 Å². The molecule has 0 spiro atoms. The van der Waals surface area contributed by atoms with Crippen LogP contribution in [0.15, 0.2) is 12.3 Å². The highest BCUT2D eigenvalue weighted by Crippen LogP contribution is 2.29. The first kappa shape index (κ1) is 12.6. The lowest BCUT2D eigenvalue weighted by Crippen LogP contribution is -2.35. The average Bonchev–Trinajstić information content (AvgIpc) is 2.75. The van der Waals surface area contributed by atoms with Gasteiger partial charge in [-0.3, -0.25) is 4.68 Å². The molecule has 0 saturated heterocycles. The fourth-order valence-electron chi connectivity index (χ4n) is 2.09. The molecule has 2 rings (SSSR count). The van der Waals surface area contributed by atoms with E-state index in [-0.39, 0.29) is 0 Å². The quantitative estimate of drug-likeness (QED) is 0.824. The SMILES string of the molecule is CCC(C)n1ccc(COC2CC(CN)C2)n1. The van der Waals surface area contributed by atoms with Crippen molar-refractivity contribution >= 4 is 0 Å². The van der Waals surface area contributed by atoms with Gasteiger partial charge in [-0.15, -0.1) is 0 Å². The molecule has 1 unspecified atom stereocenters. The zero-order valence-corrected chi connectivity index (χ0v) is 10.8. The largest absolute Gasteiger partial charge is 0.372 e. The predicted molar refractivity (Wildman–Crippen MR) is 67.6 cm³/mol. The molecular formula is C13H23N3O. The molecular weight excluding hydrogens is 214 g/mol. The van der Waals surface area contributed by atoms with Gasteiger partial charge in [0.05, 0.1) is 18.4 Å². The molecule has 1 aromatic heterocycles. The van der Waals surface area contributed by atoms with Crippen molar-refractivity contribution in [1.29, 1.82) is 0 Å². The maximum atomic E-state index is 5.79. The monoisotopic (exact) mass is 237 g/mol. The van der Waals surface area contributed by atoms with Gasteiger partial charge in [-0.2, -0.15) is 5.10 Å². The fourth-order valence-corrected chi connectivity index (χ4v) is 2.09. The van der Waals surface area contributed by atoms with E-state index in [0.717, 1.165) is 31.5 Å². The molecule has 0 radical (unpaired) electrons. The summed E-state index contributed by atoms with van der Waals surface area (Å²) in [5, 5.41) is 4.52. The van der Waals surface area contributed by atoms with E-state index < -0.39 is 0 Å². The van der Waals surface area contributed by atoms with Crippen LogP contribution in [0.5, 0.6) is 0 Å². The number of nitrogens with two attached hydrogens (primary N) is 1. The number of hydrogen-bond donors (Lipinski definition) is 1. The minimum absolute atomic E-state index is 0.400. The lowest BCUT2D eigenvalue weighted by molar-refractivity contribution is -0.0389. The number of nitrogens with zero attached hydrogens (tertiary/aromatic N) is 2. The first-order valence-corrected chi connectivity index (χ1v) is 6.58.